The SMILES string of the molecule is C=C1CC(=O)[C@H](C/C=C\CCCC(=O)O)[C@H]1CC(F)[C@@H](O)CCCCC. The third-order valence-corrected chi connectivity index (χ3v) is 5.14. The summed E-state index contributed by atoms with van der Waals surface area (Å²) in [6.07, 6.45) is 7.06. The number of unbranched alkanes of at least 4 members (excludes halogenated alkanes) is 3. The molecule has 0 aromatic heterocycles. The van der Waals surface area contributed by atoms with Crippen molar-refractivity contribution in [3.63, 3.8) is 0 Å². The molecule has 0 heterocycles. The Morgan fingerprint density at radius 3 is 2.69 bits per heavy atom. The van der Waals surface area contributed by atoms with Crippen molar-refractivity contribution in [1.29, 1.82) is 0 Å². The molecule has 1 saturated carbocycles. The lowest BCUT2D eigenvalue weighted by atomic mass is 9.85. The second kappa shape index (κ2) is 12.0. The van der Waals surface area contributed by atoms with Crippen molar-refractivity contribution < 1.29 is 24.2 Å². The van der Waals surface area contributed by atoms with Crippen LogP contribution in [0.15, 0.2) is 24.3 Å². The number of aliphatic carboxylic acids is 1. The van der Waals surface area contributed by atoms with Crippen molar-refractivity contribution in [2.24, 2.45) is 11.8 Å². The lowest BCUT2D eigenvalue weighted by Gasteiger charge is -2.23. The lowest BCUT2D eigenvalue weighted by Crippen LogP contribution is -2.27. The van der Waals surface area contributed by atoms with E-state index in [0.29, 0.717) is 32.1 Å². The minimum absolute atomic E-state index is 0.0860. The van der Waals surface area contributed by atoms with Crippen LogP contribution in [0.4, 0.5) is 4.39 Å². The molecule has 0 radical (unpaired) electrons. The van der Waals surface area contributed by atoms with Gasteiger partial charge >= 0.3 is 5.97 Å². The number of carbonyl (C=O) groups excluding carboxylic acids is 1. The highest BCUT2D eigenvalue weighted by atomic mass is 19.1. The van der Waals surface area contributed by atoms with E-state index in [1.54, 1.807) is 0 Å². The number of carbonyl (C=O) groups is 2. The highest BCUT2D eigenvalue weighted by molar-refractivity contribution is 5.87. The number of carboxylic acids is 1. The Morgan fingerprint density at radius 2 is 2.04 bits per heavy atom. The molecule has 0 saturated heterocycles. The standard InChI is InChI=1S/C21H33FO4/c1-3-4-7-11-19(23)18(22)14-17-15(2)13-20(24)16(17)10-8-5-6-9-12-21(25)26/h5,8,16-19,23H,2-4,6-7,9-14H2,1H3,(H,25,26)/b8-5-/t16-,17+,18?,19+/m1/s1. The molecule has 0 amide bonds. The van der Waals surface area contributed by atoms with Gasteiger partial charge < -0.3 is 10.2 Å². The number of carboxylic acid groups (broad SMARTS) is 1. The first-order valence-electron chi connectivity index (χ1n) is 9.76. The molecule has 1 unspecified atom stereocenters. The first kappa shape index (κ1) is 22.6. The summed E-state index contributed by atoms with van der Waals surface area (Å²) in [5, 5.41) is 18.6. The van der Waals surface area contributed by atoms with Gasteiger partial charge in [-0.1, -0.05) is 50.5 Å². The Bertz CT molecular complexity index is 500. The maximum absolute atomic E-state index is 14.4. The number of aliphatic hydroxyl groups excluding tert-OH is 1. The van der Waals surface area contributed by atoms with Gasteiger partial charge in [-0.2, -0.15) is 0 Å². The maximum Gasteiger partial charge on any atom is 0.303 e. The summed E-state index contributed by atoms with van der Waals surface area (Å²) in [5.41, 5.74) is 0.766. The van der Waals surface area contributed by atoms with Crippen molar-refractivity contribution in [3.05, 3.63) is 24.3 Å². The fourth-order valence-electron chi connectivity index (χ4n) is 3.54. The van der Waals surface area contributed by atoms with Gasteiger partial charge in [-0.15, -0.1) is 0 Å². The van der Waals surface area contributed by atoms with Gasteiger partial charge in [0.1, 0.15) is 12.0 Å². The van der Waals surface area contributed by atoms with Gasteiger partial charge in [-0.05, 0) is 38.0 Å². The fraction of sp³-hybridized carbons (Fsp3) is 0.714. The normalized spacial score (nSPS) is 22.9. The van der Waals surface area contributed by atoms with Gasteiger partial charge in [0.2, 0.25) is 0 Å². The minimum atomic E-state index is -1.33. The van der Waals surface area contributed by atoms with E-state index in [1.165, 1.54) is 0 Å². The third-order valence-electron chi connectivity index (χ3n) is 5.14. The second-order valence-electron chi connectivity index (χ2n) is 7.32. The maximum atomic E-state index is 14.4. The molecule has 0 aromatic rings. The van der Waals surface area contributed by atoms with Crippen molar-refractivity contribution in [2.75, 3.05) is 0 Å². The molecule has 26 heavy (non-hydrogen) atoms. The number of hydrogen-bond acceptors (Lipinski definition) is 3. The Hall–Kier alpha value is -1.49. The number of ketones is 1. The van der Waals surface area contributed by atoms with E-state index in [1.807, 2.05) is 12.2 Å². The molecule has 0 bridgehead atoms. The monoisotopic (exact) mass is 368 g/mol. The molecule has 1 aliphatic rings. The highest BCUT2D eigenvalue weighted by Crippen LogP contribution is 2.39. The summed E-state index contributed by atoms with van der Waals surface area (Å²) in [7, 11) is 0. The zero-order valence-electron chi connectivity index (χ0n) is 15.8. The van der Waals surface area contributed by atoms with Gasteiger partial charge in [-0.3, -0.25) is 9.59 Å². The van der Waals surface area contributed by atoms with E-state index in [0.717, 1.165) is 24.8 Å². The predicted molar refractivity (Wildman–Crippen MR) is 101 cm³/mol. The molecule has 4 atom stereocenters. The number of halogens is 1. The topological polar surface area (TPSA) is 74.6 Å². The number of allylic oxidation sites excluding steroid dienone is 3. The zero-order valence-corrected chi connectivity index (χ0v) is 15.8. The van der Waals surface area contributed by atoms with E-state index < -0.39 is 18.2 Å². The highest BCUT2D eigenvalue weighted by Gasteiger charge is 2.38. The summed E-state index contributed by atoms with van der Waals surface area (Å²) in [6, 6.07) is 0. The minimum Gasteiger partial charge on any atom is -0.481 e. The molecule has 0 spiro atoms. The molecule has 0 aliphatic heterocycles. The molecule has 2 N–H and O–H groups in total. The third kappa shape index (κ3) is 7.81. The Kier molecular flexibility index (Phi) is 10.4. The van der Waals surface area contributed by atoms with Crippen molar-refractivity contribution in [3.8, 4) is 0 Å². The van der Waals surface area contributed by atoms with E-state index in [2.05, 4.69) is 13.5 Å². The molecule has 0 aromatic carbocycles. The Balaban J connectivity index is 2.50. The molecule has 1 fully saturated rings. The number of rotatable bonds is 13. The van der Waals surface area contributed by atoms with Crippen LogP contribution in [0, 0.1) is 11.8 Å². The van der Waals surface area contributed by atoms with E-state index in [9.17, 15) is 19.1 Å². The average Bonchev–Trinajstić information content (AvgIpc) is 2.84. The van der Waals surface area contributed by atoms with E-state index >= 15 is 0 Å². The number of Topliss-reactive ketones (excluding diaryl/α,β-unsaturated/α-hetero) is 1. The molecule has 1 aliphatic carbocycles. The van der Waals surface area contributed by atoms with Crippen LogP contribution in [-0.2, 0) is 9.59 Å². The molecular formula is C21H33FO4. The van der Waals surface area contributed by atoms with Crippen LogP contribution in [0.25, 0.3) is 0 Å². The molecular weight excluding hydrogens is 335 g/mol. The molecule has 5 heteroatoms. The van der Waals surface area contributed by atoms with Crippen molar-refractivity contribution in [1.82, 2.24) is 0 Å². The van der Waals surface area contributed by atoms with Crippen LogP contribution in [-0.4, -0.2) is 34.2 Å². The summed E-state index contributed by atoms with van der Waals surface area (Å²) < 4.78 is 14.4. The molecule has 148 valence electrons. The van der Waals surface area contributed by atoms with Gasteiger partial charge in [0.05, 0.1) is 6.10 Å². The van der Waals surface area contributed by atoms with Gasteiger partial charge in [0, 0.05) is 18.8 Å². The van der Waals surface area contributed by atoms with Crippen LogP contribution in [0.2, 0.25) is 0 Å². The fourth-order valence-corrected chi connectivity index (χ4v) is 3.54. The lowest BCUT2D eigenvalue weighted by molar-refractivity contribution is -0.137. The number of aliphatic hydroxyl groups is 1. The number of alkyl halides is 1. The van der Waals surface area contributed by atoms with E-state index in [4.69, 9.17) is 5.11 Å². The first-order chi connectivity index (χ1) is 12.4. The van der Waals surface area contributed by atoms with Crippen LogP contribution in [0.5, 0.6) is 0 Å². The van der Waals surface area contributed by atoms with Crippen LogP contribution in [0.3, 0.4) is 0 Å². The smallest absolute Gasteiger partial charge is 0.303 e. The summed E-state index contributed by atoms with van der Waals surface area (Å²) in [6.45, 7) is 6.01. The van der Waals surface area contributed by atoms with Crippen LogP contribution in [0.1, 0.15) is 71.1 Å². The van der Waals surface area contributed by atoms with Gasteiger partial charge in [0.25, 0.3) is 0 Å². The summed E-state index contributed by atoms with van der Waals surface area (Å²) in [5.74, 6) is -1.23. The van der Waals surface area contributed by atoms with Gasteiger partial charge in [0.15, 0.2) is 0 Å². The average molecular weight is 368 g/mol. The molecule has 4 nitrogen and oxygen atoms in total. The summed E-state index contributed by atoms with van der Waals surface area (Å²) in [4.78, 5) is 22.7. The first-order valence-corrected chi connectivity index (χ1v) is 9.76. The Labute approximate surface area is 156 Å². The molecule has 1 rings (SSSR count). The van der Waals surface area contributed by atoms with E-state index in [-0.39, 0.29) is 30.5 Å². The van der Waals surface area contributed by atoms with Crippen molar-refractivity contribution >= 4 is 11.8 Å². The van der Waals surface area contributed by atoms with Gasteiger partial charge in [-0.25, -0.2) is 4.39 Å². The van der Waals surface area contributed by atoms with Crippen LogP contribution < -0.4 is 0 Å². The van der Waals surface area contributed by atoms with Crippen molar-refractivity contribution in [2.45, 2.75) is 83.4 Å². The second-order valence-corrected chi connectivity index (χ2v) is 7.32. The number of hydrogen-bond donors (Lipinski definition) is 2. The van der Waals surface area contributed by atoms with Crippen LogP contribution >= 0.6 is 0 Å². The zero-order chi connectivity index (χ0) is 19.5. The largest absolute Gasteiger partial charge is 0.481 e. The quantitative estimate of drug-likeness (QED) is 0.367. The Morgan fingerprint density at radius 1 is 1.31 bits per heavy atom. The predicted octanol–water partition coefficient (Wildman–Crippen LogP) is 4.62. The summed E-state index contributed by atoms with van der Waals surface area (Å²) >= 11 is 0.